The molecular weight excluding hydrogens is 208 g/mol. The maximum absolute atomic E-state index is 4.66. The molecule has 88 valence electrons. The van der Waals surface area contributed by atoms with E-state index < -0.39 is 0 Å². The van der Waals surface area contributed by atoms with Gasteiger partial charge in [-0.15, -0.1) is 0 Å². The Balaban J connectivity index is 1.84. The number of hydrogen-bond donors (Lipinski definition) is 1. The molecule has 0 unspecified atom stereocenters. The molecule has 1 aromatic carbocycles. The van der Waals surface area contributed by atoms with Crippen molar-refractivity contribution in [2.75, 3.05) is 0 Å². The highest BCUT2D eigenvalue weighted by molar-refractivity contribution is 5.84. The van der Waals surface area contributed by atoms with Crippen LogP contribution in [0.2, 0.25) is 0 Å². The maximum atomic E-state index is 4.66. The van der Waals surface area contributed by atoms with Crippen LogP contribution >= 0.6 is 0 Å². The van der Waals surface area contributed by atoms with Crippen molar-refractivity contribution >= 4 is 11.9 Å². The minimum atomic E-state index is 0.473. The first-order valence-corrected chi connectivity index (χ1v) is 6.49. The molecule has 17 heavy (non-hydrogen) atoms. The number of benzene rings is 1. The molecule has 0 amide bonds. The van der Waals surface area contributed by atoms with Gasteiger partial charge in [-0.2, -0.15) is 0 Å². The van der Waals surface area contributed by atoms with Crippen molar-refractivity contribution in [1.29, 1.82) is 0 Å². The van der Waals surface area contributed by atoms with Gasteiger partial charge in [0.25, 0.3) is 0 Å². The van der Waals surface area contributed by atoms with Crippen molar-refractivity contribution in [2.45, 2.75) is 37.8 Å². The minimum Gasteiger partial charge on any atom is -0.380 e. The number of allylic oxidation sites excluding steroid dienone is 1. The van der Waals surface area contributed by atoms with E-state index in [9.17, 15) is 0 Å². The highest BCUT2D eigenvalue weighted by Gasteiger charge is 2.25. The van der Waals surface area contributed by atoms with Crippen LogP contribution in [0.4, 0.5) is 0 Å². The summed E-state index contributed by atoms with van der Waals surface area (Å²) in [5, 5.41) is 3.67. The van der Waals surface area contributed by atoms with E-state index in [-0.39, 0.29) is 0 Å². The van der Waals surface area contributed by atoms with E-state index in [1.807, 2.05) is 6.21 Å². The third kappa shape index (κ3) is 2.26. The number of rotatable bonds is 1. The predicted octanol–water partition coefficient (Wildman–Crippen LogP) is 3.01. The molecule has 1 fully saturated rings. The van der Waals surface area contributed by atoms with Crippen molar-refractivity contribution in [3.8, 4) is 0 Å². The molecule has 2 atom stereocenters. The topological polar surface area (TPSA) is 24.4 Å². The van der Waals surface area contributed by atoms with Crippen molar-refractivity contribution in [3.05, 3.63) is 42.0 Å². The van der Waals surface area contributed by atoms with Crippen LogP contribution in [0.5, 0.6) is 0 Å². The van der Waals surface area contributed by atoms with Crippen molar-refractivity contribution < 1.29 is 0 Å². The van der Waals surface area contributed by atoms with Crippen LogP contribution < -0.4 is 5.32 Å². The molecular formula is C15H18N2. The number of nitrogens with zero attached hydrogens (tertiary/aromatic N) is 1. The predicted molar refractivity (Wildman–Crippen MR) is 72.1 cm³/mol. The lowest BCUT2D eigenvalue weighted by Gasteiger charge is -2.29. The molecule has 1 aromatic rings. The second-order valence-corrected chi connectivity index (χ2v) is 4.85. The molecule has 2 nitrogen and oxygen atoms in total. The Morgan fingerprint density at radius 1 is 1.06 bits per heavy atom. The second-order valence-electron chi connectivity index (χ2n) is 4.85. The van der Waals surface area contributed by atoms with E-state index in [4.69, 9.17) is 0 Å². The fourth-order valence-electron chi connectivity index (χ4n) is 2.73. The van der Waals surface area contributed by atoms with E-state index >= 15 is 0 Å². The number of nitrogens with one attached hydrogen (secondary N) is 1. The summed E-state index contributed by atoms with van der Waals surface area (Å²) in [7, 11) is 0. The smallest absolute Gasteiger partial charge is 0.0700 e. The zero-order valence-corrected chi connectivity index (χ0v) is 9.97. The van der Waals surface area contributed by atoms with Gasteiger partial charge >= 0.3 is 0 Å². The Hall–Kier alpha value is -1.57. The van der Waals surface area contributed by atoms with Gasteiger partial charge in [0.2, 0.25) is 0 Å². The lowest BCUT2D eigenvalue weighted by Crippen LogP contribution is -2.39. The van der Waals surface area contributed by atoms with Crippen LogP contribution in [0.1, 0.15) is 31.2 Å². The quantitative estimate of drug-likeness (QED) is 0.782. The van der Waals surface area contributed by atoms with Crippen molar-refractivity contribution in [2.24, 2.45) is 4.99 Å². The lowest BCUT2D eigenvalue weighted by molar-refractivity contribution is 0.361. The Morgan fingerprint density at radius 3 is 2.76 bits per heavy atom. The molecule has 3 rings (SSSR count). The highest BCUT2D eigenvalue weighted by atomic mass is 15.0. The molecule has 0 saturated heterocycles. The van der Waals surface area contributed by atoms with Crippen LogP contribution in [-0.4, -0.2) is 18.3 Å². The fraction of sp³-hybridized carbons (Fsp3) is 0.400. The first-order valence-electron chi connectivity index (χ1n) is 6.49. The van der Waals surface area contributed by atoms with E-state index in [1.54, 1.807) is 0 Å². The molecule has 0 aromatic heterocycles. The maximum Gasteiger partial charge on any atom is 0.0700 e. The van der Waals surface area contributed by atoms with Gasteiger partial charge in [-0.25, -0.2) is 0 Å². The molecule has 2 aliphatic rings. The van der Waals surface area contributed by atoms with Gasteiger partial charge in [-0.3, -0.25) is 4.99 Å². The zero-order chi connectivity index (χ0) is 11.5. The summed E-state index contributed by atoms with van der Waals surface area (Å²) in [5.74, 6) is 0. The lowest BCUT2D eigenvalue weighted by atomic mass is 9.90. The Labute approximate surface area is 102 Å². The monoisotopic (exact) mass is 226 g/mol. The molecule has 1 aliphatic heterocycles. The highest BCUT2D eigenvalue weighted by Crippen LogP contribution is 2.25. The summed E-state index contributed by atoms with van der Waals surface area (Å²) in [6, 6.07) is 11.5. The average Bonchev–Trinajstić information content (AvgIpc) is 2.62. The van der Waals surface area contributed by atoms with E-state index in [0.717, 1.165) is 0 Å². The standard InChI is InChI=1S/C15H18N2/c1-2-6-12(7-3-1)13-10-11-16-14-8-4-5-9-15(14)17-13/h1-3,6-7,10-11,14-15,17H,4-5,8-9H2/t14-,15+/m1/s1. The van der Waals surface area contributed by atoms with Crippen LogP contribution in [-0.2, 0) is 0 Å². The number of hydrogen-bond acceptors (Lipinski definition) is 2. The van der Waals surface area contributed by atoms with Crippen LogP contribution in [0.3, 0.4) is 0 Å². The summed E-state index contributed by atoms with van der Waals surface area (Å²) in [4.78, 5) is 4.66. The van der Waals surface area contributed by atoms with Crippen LogP contribution in [0.25, 0.3) is 5.70 Å². The molecule has 1 heterocycles. The molecule has 1 N–H and O–H groups in total. The molecule has 0 radical (unpaired) electrons. The van der Waals surface area contributed by atoms with Gasteiger partial charge in [0.15, 0.2) is 0 Å². The zero-order valence-electron chi connectivity index (χ0n) is 9.97. The van der Waals surface area contributed by atoms with Crippen molar-refractivity contribution in [1.82, 2.24) is 5.32 Å². The van der Waals surface area contributed by atoms with Gasteiger partial charge < -0.3 is 5.32 Å². The summed E-state index contributed by atoms with van der Waals surface area (Å²) < 4.78 is 0. The van der Waals surface area contributed by atoms with Gasteiger partial charge in [0, 0.05) is 18.0 Å². The van der Waals surface area contributed by atoms with Crippen molar-refractivity contribution in [3.63, 3.8) is 0 Å². The summed E-state index contributed by atoms with van der Waals surface area (Å²) in [5.41, 5.74) is 2.47. The largest absolute Gasteiger partial charge is 0.380 e. The van der Waals surface area contributed by atoms with Crippen LogP contribution in [0, 0.1) is 0 Å². The first-order chi connectivity index (χ1) is 8.43. The molecule has 0 spiro atoms. The molecule has 1 aliphatic carbocycles. The fourth-order valence-corrected chi connectivity index (χ4v) is 2.73. The average molecular weight is 226 g/mol. The van der Waals surface area contributed by atoms with Gasteiger partial charge in [-0.05, 0) is 24.5 Å². The Kier molecular flexibility index (Phi) is 2.95. The van der Waals surface area contributed by atoms with Gasteiger partial charge in [0.1, 0.15) is 0 Å². The second kappa shape index (κ2) is 4.74. The summed E-state index contributed by atoms with van der Waals surface area (Å²) >= 11 is 0. The van der Waals surface area contributed by atoms with Gasteiger partial charge in [-0.1, -0.05) is 43.2 Å². The normalized spacial score (nSPS) is 27.6. The third-order valence-corrected chi connectivity index (χ3v) is 3.67. The first kappa shape index (κ1) is 10.6. The Bertz CT molecular complexity index is 433. The molecule has 0 bridgehead atoms. The number of aliphatic imine (C=N–C) groups is 1. The summed E-state index contributed by atoms with van der Waals surface area (Å²) in [6.07, 6.45) is 9.20. The Morgan fingerprint density at radius 2 is 1.88 bits per heavy atom. The number of fused-ring (bicyclic) bond motifs is 1. The van der Waals surface area contributed by atoms with Gasteiger partial charge in [0.05, 0.1) is 6.04 Å². The third-order valence-electron chi connectivity index (χ3n) is 3.67. The van der Waals surface area contributed by atoms with E-state index in [1.165, 1.54) is 36.9 Å². The minimum absolute atomic E-state index is 0.473. The SMILES string of the molecule is C1=N[C@@H]2CCCC[C@@H]2NC(c2ccccc2)=C1. The van der Waals surface area contributed by atoms with E-state index in [2.05, 4.69) is 46.7 Å². The summed E-state index contributed by atoms with van der Waals surface area (Å²) in [6.45, 7) is 0. The van der Waals surface area contributed by atoms with Crippen LogP contribution in [0.15, 0.2) is 41.4 Å². The molecule has 2 heteroatoms. The van der Waals surface area contributed by atoms with E-state index in [0.29, 0.717) is 12.1 Å². The molecule has 1 saturated carbocycles.